The summed E-state index contributed by atoms with van der Waals surface area (Å²) in [5.41, 5.74) is 7.07. The third-order valence-corrected chi connectivity index (χ3v) is 3.60. The van der Waals surface area contributed by atoms with Gasteiger partial charge in [-0.05, 0) is 11.5 Å². The molecule has 2 N–H and O–H groups in total. The monoisotopic (exact) mass is 278 g/mol. The van der Waals surface area contributed by atoms with E-state index < -0.39 is 6.04 Å². The van der Waals surface area contributed by atoms with Gasteiger partial charge in [0.1, 0.15) is 0 Å². The Bertz CT molecular complexity index is 395. The van der Waals surface area contributed by atoms with Crippen LogP contribution >= 0.6 is 0 Å². The minimum atomic E-state index is -0.417. The Balaban J connectivity index is 2.26. The maximum atomic E-state index is 12.1. The molecule has 0 bridgehead atoms. The van der Waals surface area contributed by atoms with Crippen molar-refractivity contribution in [1.82, 2.24) is 4.90 Å². The molecule has 1 amide bonds. The molecule has 0 saturated heterocycles. The minimum absolute atomic E-state index is 0.0114. The first-order valence-electron chi connectivity index (χ1n) is 7.18. The molecule has 1 aromatic rings. The highest BCUT2D eigenvalue weighted by Gasteiger charge is 2.22. The summed E-state index contributed by atoms with van der Waals surface area (Å²) in [6.07, 6.45) is 0.908. The van der Waals surface area contributed by atoms with Gasteiger partial charge in [0.2, 0.25) is 5.91 Å². The van der Waals surface area contributed by atoms with Gasteiger partial charge in [-0.1, -0.05) is 50.6 Å². The van der Waals surface area contributed by atoms with E-state index in [0.717, 1.165) is 12.0 Å². The van der Waals surface area contributed by atoms with Gasteiger partial charge < -0.3 is 15.4 Å². The fraction of sp³-hybridized carbons (Fsp3) is 0.562. The number of likely N-dealkylation sites (N-methyl/N-ethyl adjacent to an activating group) is 1. The zero-order valence-electron chi connectivity index (χ0n) is 12.7. The number of carbonyl (C=O) groups excluding carboxylic acids is 1. The lowest BCUT2D eigenvalue weighted by Crippen LogP contribution is -2.46. The lowest BCUT2D eigenvalue weighted by Gasteiger charge is -2.24. The van der Waals surface area contributed by atoms with Crippen molar-refractivity contribution >= 4 is 5.91 Å². The molecule has 0 radical (unpaired) electrons. The van der Waals surface area contributed by atoms with Crippen LogP contribution in [0.3, 0.4) is 0 Å². The van der Waals surface area contributed by atoms with Crippen LogP contribution in [0.25, 0.3) is 0 Å². The predicted molar refractivity (Wildman–Crippen MR) is 81.2 cm³/mol. The summed E-state index contributed by atoms with van der Waals surface area (Å²) in [5.74, 6) is 0.192. The van der Waals surface area contributed by atoms with Gasteiger partial charge in [-0.15, -0.1) is 0 Å². The van der Waals surface area contributed by atoms with Gasteiger partial charge in [-0.25, -0.2) is 0 Å². The van der Waals surface area contributed by atoms with Crippen molar-refractivity contribution in [2.24, 2.45) is 11.7 Å². The first-order valence-corrected chi connectivity index (χ1v) is 7.18. The highest BCUT2D eigenvalue weighted by Crippen LogP contribution is 2.07. The van der Waals surface area contributed by atoms with Crippen LogP contribution < -0.4 is 5.73 Å². The summed E-state index contributed by atoms with van der Waals surface area (Å²) in [5, 5.41) is 0. The maximum absolute atomic E-state index is 12.1. The summed E-state index contributed by atoms with van der Waals surface area (Å²) < 4.78 is 5.57. The van der Waals surface area contributed by atoms with Gasteiger partial charge in [-0.2, -0.15) is 0 Å². The molecule has 1 aromatic carbocycles. The standard InChI is InChI=1S/C16H26N2O2/c1-4-13(2)15(17)16(19)18(3)10-11-20-12-14-8-6-5-7-9-14/h5-9,13,15H,4,10-12,17H2,1-3H3. The Labute approximate surface area is 121 Å². The molecule has 2 atom stereocenters. The number of hydrogen-bond acceptors (Lipinski definition) is 3. The molecule has 0 fully saturated rings. The van der Waals surface area contributed by atoms with Crippen molar-refractivity contribution in [2.75, 3.05) is 20.2 Å². The number of benzene rings is 1. The molecule has 1 rings (SSSR count). The summed E-state index contributed by atoms with van der Waals surface area (Å²) in [7, 11) is 1.77. The fourth-order valence-electron chi connectivity index (χ4n) is 1.83. The van der Waals surface area contributed by atoms with Crippen LogP contribution in [0, 0.1) is 5.92 Å². The predicted octanol–water partition coefficient (Wildman–Crippen LogP) is 2.03. The Kier molecular flexibility index (Phi) is 7.26. The average Bonchev–Trinajstić information content (AvgIpc) is 2.50. The van der Waals surface area contributed by atoms with Crippen LogP contribution in [0.2, 0.25) is 0 Å². The molecule has 4 heteroatoms. The molecule has 0 aliphatic carbocycles. The van der Waals surface area contributed by atoms with Crippen molar-refractivity contribution < 1.29 is 9.53 Å². The highest BCUT2D eigenvalue weighted by molar-refractivity contribution is 5.81. The summed E-state index contributed by atoms with van der Waals surface area (Å²) >= 11 is 0. The molecule has 0 saturated carbocycles. The summed E-state index contributed by atoms with van der Waals surface area (Å²) in [4.78, 5) is 13.7. The quantitative estimate of drug-likeness (QED) is 0.740. The van der Waals surface area contributed by atoms with Gasteiger partial charge in [0, 0.05) is 13.6 Å². The maximum Gasteiger partial charge on any atom is 0.239 e. The smallest absolute Gasteiger partial charge is 0.239 e. The normalized spacial score (nSPS) is 13.8. The Morgan fingerprint density at radius 2 is 2.00 bits per heavy atom. The molecular weight excluding hydrogens is 252 g/mol. The van der Waals surface area contributed by atoms with E-state index in [1.807, 2.05) is 44.2 Å². The average molecular weight is 278 g/mol. The zero-order valence-corrected chi connectivity index (χ0v) is 12.7. The number of nitrogens with two attached hydrogens (primary N) is 1. The van der Waals surface area contributed by atoms with Crippen molar-refractivity contribution in [2.45, 2.75) is 32.9 Å². The number of rotatable bonds is 8. The van der Waals surface area contributed by atoms with E-state index in [-0.39, 0.29) is 11.8 Å². The molecule has 2 unspecified atom stereocenters. The van der Waals surface area contributed by atoms with E-state index in [1.165, 1.54) is 0 Å². The number of carbonyl (C=O) groups is 1. The largest absolute Gasteiger partial charge is 0.375 e. The molecule has 0 aliphatic rings. The van der Waals surface area contributed by atoms with Crippen molar-refractivity contribution in [3.63, 3.8) is 0 Å². The van der Waals surface area contributed by atoms with Crippen LogP contribution in [0.1, 0.15) is 25.8 Å². The van der Waals surface area contributed by atoms with Crippen molar-refractivity contribution in [3.05, 3.63) is 35.9 Å². The molecule has 0 spiro atoms. The minimum Gasteiger partial charge on any atom is -0.375 e. The van der Waals surface area contributed by atoms with Gasteiger partial charge in [0.15, 0.2) is 0 Å². The topological polar surface area (TPSA) is 55.6 Å². The summed E-state index contributed by atoms with van der Waals surface area (Å²) in [6, 6.07) is 9.58. The Morgan fingerprint density at radius 1 is 1.35 bits per heavy atom. The highest BCUT2D eigenvalue weighted by atomic mass is 16.5. The second-order valence-corrected chi connectivity index (χ2v) is 5.21. The van der Waals surface area contributed by atoms with Crippen LogP contribution in [0.4, 0.5) is 0 Å². The molecule has 112 valence electrons. The molecule has 20 heavy (non-hydrogen) atoms. The second kappa shape index (κ2) is 8.72. The molecular formula is C16H26N2O2. The third-order valence-electron chi connectivity index (χ3n) is 3.60. The lowest BCUT2D eigenvalue weighted by atomic mass is 9.99. The first-order chi connectivity index (χ1) is 9.56. The van der Waals surface area contributed by atoms with Gasteiger partial charge in [0.25, 0.3) is 0 Å². The molecule has 4 nitrogen and oxygen atoms in total. The molecule has 0 aliphatic heterocycles. The Morgan fingerprint density at radius 3 is 2.60 bits per heavy atom. The van der Waals surface area contributed by atoms with Crippen LogP contribution in [-0.2, 0) is 16.1 Å². The van der Waals surface area contributed by atoms with E-state index in [9.17, 15) is 4.79 Å². The van der Waals surface area contributed by atoms with Crippen LogP contribution in [0.5, 0.6) is 0 Å². The van der Waals surface area contributed by atoms with E-state index in [4.69, 9.17) is 10.5 Å². The van der Waals surface area contributed by atoms with E-state index in [1.54, 1.807) is 11.9 Å². The van der Waals surface area contributed by atoms with Gasteiger partial charge >= 0.3 is 0 Å². The third kappa shape index (κ3) is 5.31. The van der Waals surface area contributed by atoms with E-state index in [0.29, 0.717) is 19.8 Å². The molecule has 0 heterocycles. The first kappa shape index (κ1) is 16.7. The number of nitrogens with zero attached hydrogens (tertiary/aromatic N) is 1. The number of hydrogen-bond donors (Lipinski definition) is 1. The SMILES string of the molecule is CCC(C)C(N)C(=O)N(C)CCOCc1ccccc1. The molecule has 0 aromatic heterocycles. The Hall–Kier alpha value is -1.39. The van der Waals surface area contributed by atoms with E-state index >= 15 is 0 Å². The van der Waals surface area contributed by atoms with E-state index in [2.05, 4.69) is 0 Å². The second-order valence-electron chi connectivity index (χ2n) is 5.21. The van der Waals surface area contributed by atoms with Crippen LogP contribution in [-0.4, -0.2) is 37.0 Å². The van der Waals surface area contributed by atoms with Crippen LogP contribution in [0.15, 0.2) is 30.3 Å². The van der Waals surface area contributed by atoms with Gasteiger partial charge in [0.05, 0.1) is 19.3 Å². The van der Waals surface area contributed by atoms with Crippen molar-refractivity contribution in [1.29, 1.82) is 0 Å². The zero-order chi connectivity index (χ0) is 15.0. The lowest BCUT2D eigenvalue weighted by molar-refractivity contribution is -0.133. The van der Waals surface area contributed by atoms with Crippen molar-refractivity contribution in [3.8, 4) is 0 Å². The van der Waals surface area contributed by atoms with Gasteiger partial charge in [-0.3, -0.25) is 4.79 Å². The summed E-state index contributed by atoms with van der Waals surface area (Å²) in [6.45, 7) is 5.70. The number of amides is 1. The number of ether oxygens (including phenoxy) is 1. The fourth-order valence-corrected chi connectivity index (χ4v) is 1.83.